The van der Waals surface area contributed by atoms with Crippen molar-refractivity contribution in [3.63, 3.8) is 0 Å². The van der Waals surface area contributed by atoms with Crippen molar-refractivity contribution in [1.29, 1.82) is 0 Å². The van der Waals surface area contributed by atoms with Gasteiger partial charge in [0.25, 0.3) is 0 Å². The average molecular weight is 191 g/mol. The Balaban J connectivity index is 2.66. The molecule has 0 amide bonds. The van der Waals surface area contributed by atoms with Crippen LogP contribution in [0.1, 0.15) is 5.56 Å². The average Bonchev–Trinajstić information content (AvgIpc) is 2.44. The van der Waals surface area contributed by atoms with Gasteiger partial charge >= 0.3 is 0 Å². The van der Waals surface area contributed by atoms with E-state index in [-0.39, 0.29) is 12.4 Å². The van der Waals surface area contributed by atoms with E-state index in [1.54, 1.807) is 12.1 Å². The van der Waals surface area contributed by atoms with Crippen molar-refractivity contribution in [3.8, 4) is 5.75 Å². The van der Waals surface area contributed by atoms with Gasteiger partial charge in [-0.05, 0) is 30.2 Å². The first-order chi connectivity index (χ1) is 6.72. The molecule has 0 spiro atoms. The fraction of sp³-hybridized carbons (Fsp3) is 0.273. The summed E-state index contributed by atoms with van der Waals surface area (Å²) < 4.78 is 2.00. The summed E-state index contributed by atoms with van der Waals surface area (Å²) in [6.07, 6.45) is 2.61. The quantitative estimate of drug-likeness (QED) is 0.754. The maximum atomic E-state index is 9.36. The Morgan fingerprint density at radius 1 is 1.36 bits per heavy atom. The van der Waals surface area contributed by atoms with E-state index in [0.29, 0.717) is 6.42 Å². The molecule has 0 bridgehead atoms. The van der Waals surface area contributed by atoms with Crippen molar-refractivity contribution >= 4 is 10.9 Å². The molecule has 0 unspecified atom stereocenters. The fourth-order valence-corrected chi connectivity index (χ4v) is 1.78. The molecule has 3 nitrogen and oxygen atoms in total. The first-order valence-electron chi connectivity index (χ1n) is 4.60. The summed E-state index contributed by atoms with van der Waals surface area (Å²) in [5.74, 6) is 0.267. The number of phenols is 1. The third-order valence-electron chi connectivity index (χ3n) is 2.44. The summed E-state index contributed by atoms with van der Waals surface area (Å²) >= 11 is 0. The van der Waals surface area contributed by atoms with Gasteiger partial charge in [0.2, 0.25) is 0 Å². The second kappa shape index (κ2) is 3.35. The second-order valence-electron chi connectivity index (χ2n) is 3.44. The molecule has 1 aromatic heterocycles. The third-order valence-corrected chi connectivity index (χ3v) is 2.44. The molecule has 0 aliphatic heterocycles. The molecular weight excluding hydrogens is 178 g/mol. The summed E-state index contributed by atoms with van der Waals surface area (Å²) in [5.41, 5.74) is 2.15. The smallest absolute Gasteiger partial charge is 0.116 e. The first kappa shape index (κ1) is 9.09. The van der Waals surface area contributed by atoms with Crippen LogP contribution in [0, 0.1) is 0 Å². The predicted octanol–water partition coefficient (Wildman–Crippen LogP) is 1.42. The minimum atomic E-state index is 0.134. The highest BCUT2D eigenvalue weighted by molar-refractivity contribution is 5.85. The lowest BCUT2D eigenvalue weighted by molar-refractivity contribution is 0.300. The van der Waals surface area contributed by atoms with Crippen LogP contribution in [0.3, 0.4) is 0 Å². The molecule has 0 aliphatic rings. The summed E-state index contributed by atoms with van der Waals surface area (Å²) in [7, 11) is 1.96. The van der Waals surface area contributed by atoms with Gasteiger partial charge in [0.15, 0.2) is 0 Å². The number of hydrogen-bond acceptors (Lipinski definition) is 2. The lowest BCUT2D eigenvalue weighted by atomic mass is 10.1. The first-order valence-corrected chi connectivity index (χ1v) is 4.60. The zero-order valence-corrected chi connectivity index (χ0v) is 8.07. The minimum absolute atomic E-state index is 0.134. The van der Waals surface area contributed by atoms with Crippen LogP contribution in [0.15, 0.2) is 24.4 Å². The van der Waals surface area contributed by atoms with Crippen molar-refractivity contribution in [2.24, 2.45) is 7.05 Å². The van der Waals surface area contributed by atoms with Crippen molar-refractivity contribution in [2.45, 2.75) is 6.42 Å². The molecular formula is C11H13NO2. The van der Waals surface area contributed by atoms with Crippen LogP contribution in [-0.2, 0) is 13.5 Å². The van der Waals surface area contributed by atoms with E-state index < -0.39 is 0 Å². The molecule has 14 heavy (non-hydrogen) atoms. The SMILES string of the molecule is Cn1cc(CCO)c2cc(O)ccc21. The number of aromatic nitrogens is 1. The Hall–Kier alpha value is -1.48. The number of benzene rings is 1. The van der Waals surface area contributed by atoms with E-state index in [1.165, 1.54) is 0 Å². The van der Waals surface area contributed by atoms with Gasteiger partial charge in [-0.3, -0.25) is 0 Å². The van der Waals surface area contributed by atoms with Crippen LogP contribution in [0.5, 0.6) is 5.75 Å². The van der Waals surface area contributed by atoms with Gasteiger partial charge in [-0.15, -0.1) is 0 Å². The fourth-order valence-electron chi connectivity index (χ4n) is 1.78. The molecule has 0 radical (unpaired) electrons. The molecule has 3 heteroatoms. The molecule has 0 fully saturated rings. The lowest BCUT2D eigenvalue weighted by Crippen LogP contribution is -1.88. The number of hydrogen-bond donors (Lipinski definition) is 2. The molecule has 1 heterocycles. The van der Waals surface area contributed by atoms with Gasteiger partial charge in [-0.25, -0.2) is 0 Å². The van der Waals surface area contributed by atoms with Crippen molar-refractivity contribution in [2.75, 3.05) is 6.61 Å². The molecule has 0 saturated carbocycles. The van der Waals surface area contributed by atoms with Crippen LogP contribution >= 0.6 is 0 Å². The maximum absolute atomic E-state index is 9.36. The Bertz CT molecular complexity index is 460. The maximum Gasteiger partial charge on any atom is 0.116 e. The number of rotatable bonds is 2. The topological polar surface area (TPSA) is 45.4 Å². The zero-order chi connectivity index (χ0) is 10.1. The molecule has 0 aliphatic carbocycles. The number of fused-ring (bicyclic) bond motifs is 1. The van der Waals surface area contributed by atoms with Gasteiger partial charge in [-0.1, -0.05) is 0 Å². The summed E-state index contributed by atoms with van der Waals surface area (Å²) in [6, 6.07) is 5.29. The Morgan fingerprint density at radius 3 is 2.86 bits per heavy atom. The van der Waals surface area contributed by atoms with E-state index in [1.807, 2.05) is 23.9 Å². The number of aromatic hydroxyl groups is 1. The van der Waals surface area contributed by atoms with Crippen LogP contribution < -0.4 is 0 Å². The Kier molecular flexibility index (Phi) is 2.17. The van der Waals surface area contributed by atoms with E-state index in [0.717, 1.165) is 16.5 Å². The highest BCUT2D eigenvalue weighted by Crippen LogP contribution is 2.24. The molecule has 0 atom stereocenters. The van der Waals surface area contributed by atoms with Crippen molar-refractivity contribution in [1.82, 2.24) is 4.57 Å². The highest BCUT2D eigenvalue weighted by Gasteiger charge is 2.06. The van der Waals surface area contributed by atoms with Gasteiger partial charge in [0.05, 0.1) is 0 Å². The third kappa shape index (κ3) is 1.36. The number of aliphatic hydroxyl groups excluding tert-OH is 1. The van der Waals surface area contributed by atoms with E-state index >= 15 is 0 Å². The predicted molar refractivity (Wildman–Crippen MR) is 55.4 cm³/mol. The van der Waals surface area contributed by atoms with Gasteiger partial charge < -0.3 is 14.8 Å². The number of aryl methyl sites for hydroxylation is 1. The largest absolute Gasteiger partial charge is 0.508 e. The summed E-state index contributed by atoms with van der Waals surface area (Å²) in [6.45, 7) is 0.134. The normalized spacial score (nSPS) is 11.0. The van der Waals surface area contributed by atoms with Crippen LogP contribution in [0.4, 0.5) is 0 Å². The molecule has 2 N–H and O–H groups in total. The van der Waals surface area contributed by atoms with E-state index in [9.17, 15) is 5.11 Å². The van der Waals surface area contributed by atoms with Crippen molar-refractivity contribution < 1.29 is 10.2 Å². The molecule has 2 aromatic rings. The Morgan fingerprint density at radius 2 is 2.14 bits per heavy atom. The monoisotopic (exact) mass is 191 g/mol. The van der Waals surface area contributed by atoms with E-state index in [4.69, 9.17) is 5.11 Å². The molecule has 74 valence electrons. The molecule has 1 aromatic carbocycles. The summed E-state index contributed by atoms with van der Waals surface area (Å²) in [4.78, 5) is 0. The van der Waals surface area contributed by atoms with Crippen LogP contribution in [0.25, 0.3) is 10.9 Å². The highest BCUT2D eigenvalue weighted by atomic mass is 16.3. The second-order valence-corrected chi connectivity index (χ2v) is 3.44. The zero-order valence-electron chi connectivity index (χ0n) is 8.07. The van der Waals surface area contributed by atoms with Crippen LogP contribution in [0.2, 0.25) is 0 Å². The summed E-state index contributed by atoms with van der Waals surface area (Å²) in [5, 5.41) is 19.3. The molecule has 0 saturated heterocycles. The minimum Gasteiger partial charge on any atom is -0.508 e. The van der Waals surface area contributed by atoms with Gasteiger partial charge in [-0.2, -0.15) is 0 Å². The van der Waals surface area contributed by atoms with Gasteiger partial charge in [0, 0.05) is 30.8 Å². The number of aliphatic hydroxyl groups is 1. The lowest BCUT2D eigenvalue weighted by Gasteiger charge is -1.97. The Labute approximate surface area is 82.2 Å². The van der Waals surface area contributed by atoms with E-state index in [2.05, 4.69) is 0 Å². The van der Waals surface area contributed by atoms with Crippen LogP contribution in [-0.4, -0.2) is 21.4 Å². The van der Waals surface area contributed by atoms with Gasteiger partial charge in [0.1, 0.15) is 5.75 Å². The number of phenolic OH excluding ortho intramolecular Hbond substituents is 1. The number of nitrogens with zero attached hydrogens (tertiary/aromatic N) is 1. The standard InChI is InChI=1S/C11H13NO2/c1-12-7-8(4-5-13)10-6-9(14)2-3-11(10)12/h2-3,6-7,13-14H,4-5H2,1H3. The molecule has 2 rings (SSSR count). The van der Waals surface area contributed by atoms with Crippen molar-refractivity contribution in [3.05, 3.63) is 30.0 Å².